The van der Waals surface area contributed by atoms with Crippen LogP contribution in [0.2, 0.25) is 0 Å². The standard InChI is InChI=1S/C12H13BrF3NO/c1-5-2-6(13)3-8(10(5)14)12(17,11(15)16)7-4-9(7)18/h2-3,7,9,11,18H,4,17H2,1H3/t7-,9?,12-/m1/s1. The lowest BCUT2D eigenvalue weighted by Crippen LogP contribution is -2.48. The van der Waals surface area contributed by atoms with Gasteiger partial charge < -0.3 is 10.8 Å². The summed E-state index contributed by atoms with van der Waals surface area (Å²) >= 11 is 3.14. The lowest BCUT2D eigenvalue weighted by Gasteiger charge is -2.30. The highest BCUT2D eigenvalue weighted by molar-refractivity contribution is 9.10. The highest BCUT2D eigenvalue weighted by atomic mass is 79.9. The van der Waals surface area contributed by atoms with Crippen LogP contribution in [0.15, 0.2) is 16.6 Å². The van der Waals surface area contributed by atoms with Crippen LogP contribution in [0.3, 0.4) is 0 Å². The van der Waals surface area contributed by atoms with Crippen LogP contribution >= 0.6 is 15.9 Å². The third-order valence-electron chi connectivity index (χ3n) is 3.42. The van der Waals surface area contributed by atoms with E-state index in [4.69, 9.17) is 5.73 Å². The molecule has 0 amide bonds. The third-order valence-corrected chi connectivity index (χ3v) is 3.88. The van der Waals surface area contributed by atoms with Crippen LogP contribution in [0.25, 0.3) is 0 Å². The Kier molecular flexibility index (Phi) is 3.46. The summed E-state index contributed by atoms with van der Waals surface area (Å²) in [6.07, 6.45) is -3.66. The second-order valence-corrected chi connectivity index (χ2v) is 5.64. The zero-order valence-electron chi connectivity index (χ0n) is 9.63. The molecule has 1 unspecified atom stereocenters. The van der Waals surface area contributed by atoms with Crippen LogP contribution in [-0.4, -0.2) is 17.6 Å². The Morgan fingerprint density at radius 3 is 2.50 bits per heavy atom. The van der Waals surface area contributed by atoms with Gasteiger partial charge in [-0.2, -0.15) is 0 Å². The van der Waals surface area contributed by atoms with Crippen LogP contribution in [0, 0.1) is 18.7 Å². The summed E-state index contributed by atoms with van der Waals surface area (Å²) in [4.78, 5) is 0. The van der Waals surface area contributed by atoms with E-state index in [2.05, 4.69) is 15.9 Å². The monoisotopic (exact) mass is 323 g/mol. The smallest absolute Gasteiger partial charge is 0.260 e. The zero-order chi connectivity index (χ0) is 13.7. The first-order valence-corrected chi connectivity index (χ1v) is 6.29. The van der Waals surface area contributed by atoms with E-state index in [9.17, 15) is 18.3 Å². The van der Waals surface area contributed by atoms with Gasteiger partial charge in [-0.15, -0.1) is 0 Å². The van der Waals surface area contributed by atoms with Gasteiger partial charge in [0.25, 0.3) is 6.43 Å². The molecule has 1 aliphatic carbocycles. The van der Waals surface area contributed by atoms with Gasteiger partial charge in [0.15, 0.2) is 0 Å². The van der Waals surface area contributed by atoms with Crippen LogP contribution in [0.4, 0.5) is 13.2 Å². The molecule has 3 atom stereocenters. The van der Waals surface area contributed by atoms with Crippen molar-refractivity contribution in [2.45, 2.75) is 31.4 Å². The predicted molar refractivity (Wildman–Crippen MR) is 64.8 cm³/mol. The number of aliphatic hydroxyl groups is 1. The number of alkyl halides is 2. The lowest BCUT2D eigenvalue weighted by molar-refractivity contribution is 0.0261. The number of aryl methyl sites for hydroxylation is 1. The minimum Gasteiger partial charge on any atom is -0.393 e. The van der Waals surface area contributed by atoms with Crippen molar-refractivity contribution in [2.24, 2.45) is 11.7 Å². The van der Waals surface area contributed by atoms with E-state index in [1.54, 1.807) is 0 Å². The first-order valence-electron chi connectivity index (χ1n) is 5.49. The quantitative estimate of drug-likeness (QED) is 0.898. The number of hydrogen-bond acceptors (Lipinski definition) is 2. The molecule has 0 radical (unpaired) electrons. The first kappa shape index (κ1) is 13.8. The predicted octanol–water partition coefficient (Wildman–Crippen LogP) is 2.70. The maximum atomic E-state index is 14.0. The van der Waals surface area contributed by atoms with Gasteiger partial charge in [-0.3, -0.25) is 0 Å². The molecule has 1 aromatic rings. The molecule has 0 saturated heterocycles. The molecular formula is C12H13BrF3NO. The summed E-state index contributed by atoms with van der Waals surface area (Å²) in [5, 5.41) is 9.35. The number of benzene rings is 1. The summed E-state index contributed by atoms with van der Waals surface area (Å²) in [6, 6.07) is 2.76. The van der Waals surface area contributed by atoms with Crippen LogP contribution in [-0.2, 0) is 5.54 Å². The van der Waals surface area contributed by atoms with E-state index in [1.807, 2.05) is 0 Å². The first-order chi connectivity index (χ1) is 8.28. The molecule has 18 heavy (non-hydrogen) atoms. The Bertz CT molecular complexity index is 483. The fourth-order valence-corrected chi connectivity index (χ4v) is 2.79. The van der Waals surface area contributed by atoms with Crippen LogP contribution in [0.1, 0.15) is 17.5 Å². The summed E-state index contributed by atoms with van der Waals surface area (Å²) < 4.78 is 41.0. The van der Waals surface area contributed by atoms with E-state index in [1.165, 1.54) is 19.1 Å². The van der Waals surface area contributed by atoms with Crippen molar-refractivity contribution in [3.8, 4) is 0 Å². The maximum Gasteiger partial charge on any atom is 0.260 e. The van der Waals surface area contributed by atoms with Crippen LogP contribution in [0.5, 0.6) is 0 Å². The van der Waals surface area contributed by atoms with E-state index in [0.29, 0.717) is 4.47 Å². The molecule has 3 N–H and O–H groups in total. The van der Waals surface area contributed by atoms with Gasteiger partial charge in [0, 0.05) is 16.0 Å². The molecule has 1 aromatic carbocycles. The van der Waals surface area contributed by atoms with Crippen molar-refractivity contribution in [1.29, 1.82) is 0 Å². The molecule has 2 rings (SSSR count). The van der Waals surface area contributed by atoms with Gasteiger partial charge in [0.1, 0.15) is 11.4 Å². The third kappa shape index (κ3) is 2.06. The number of rotatable bonds is 3. The fraction of sp³-hybridized carbons (Fsp3) is 0.500. The second-order valence-electron chi connectivity index (χ2n) is 4.73. The molecule has 1 saturated carbocycles. The summed E-state index contributed by atoms with van der Waals surface area (Å²) in [7, 11) is 0. The van der Waals surface area contributed by atoms with E-state index < -0.39 is 29.8 Å². The van der Waals surface area contributed by atoms with Crippen molar-refractivity contribution < 1.29 is 18.3 Å². The SMILES string of the molecule is Cc1cc(Br)cc([C@@](N)(C(F)F)[C@@H]2CC2O)c1F. The van der Waals surface area contributed by atoms with Gasteiger partial charge >= 0.3 is 0 Å². The Labute approximate surface area is 111 Å². The van der Waals surface area contributed by atoms with E-state index in [0.717, 1.165) is 0 Å². The highest BCUT2D eigenvalue weighted by Crippen LogP contribution is 2.48. The molecule has 6 heteroatoms. The van der Waals surface area contributed by atoms with E-state index in [-0.39, 0.29) is 17.5 Å². The number of halogens is 4. The van der Waals surface area contributed by atoms with Crippen molar-refractivity contribution in [1.82, 2.24) is 0 Å². The normalized spacial score (nSPS) is 26.2. The molecule has 2 nitrogen and oxygen atoms in total. The van der Waals surface area contributed by atoms with Gasteiger partial charge in [-0.1, -0.05) is 15.9 Å². The fourth-order valence-electron chi connectivity index (χ4n) is 2.21. The van der Waals surface area contributed by atoms with Crippen molar-refractivity contribution in [3.05, 3.63) is 33.5 Å². The van der Waals surface area contributed by atoms with Crippen molar-refractivity contribution in [3.63, 3.8) is 0 Å². The molecule has 0 aliphatic heterocycles. The molecule has 1 fully saturated rings. The molecule has 0 spiro atoms. The highest BCUT2D eigenvalue weighted by Gasteiger charge is 2.57. The molecule has 0 aromatic heterocycles. The topological polar surface area (TPSA) is 46.2 Å². The Morgan fingerprint density at radius 1 is 1.50 bits per heavy atom. The Morgan fingerprint density at radius 2 is 2.06 bits per heavy atom. The summed E-state index contributed by atoms with van der Waals surface area (Å²) in [5.74, 6) is -1.54. The molecule has 100 valence electrons. The molecule has 1 aliphatic rings. The van der Waals surface area contributed by atoms with Crippen molar-refractivity contribution in [2.75, 3.05) is 0 Å². The van der Waals surface area contributed by atoms with Gasteiger partial charge in [0.2, 0.25) is 0 Å². The Balaban J connectivity index is 2.56. The average molecular weight is 324 g/mol. The van der Waals surface area contributed by atoms with Gasteiger partial charge in [-0.25, -0.2) is 13.2 Å². The maximum absolute atomic E-state index is 14.0. The van der Waals surface area contributed by atoms with Crippen LogP contribution < -0.4 is 5.73 Å². The summed E-state index contributed by atoms with van der Waals surface area (Å²) in [6.45, 7) is 1.48. The minimum atomic E-state index is -2.94. The number of nitrogens with two attached hydrogens (primary N) is 1. The number of hydrogen-bond donors (Lipinski definition) is 2. The number of aliphatic hydroxyl groups excluding tert-OH is 1. The molecular weight excluding hydrogens is 311 g/mol. The lowest BCUT2D eigenvalue weighted by atomic mass is 9.85. The van der Waals surface area contributed by atoms with E-state index >= 15 is 0 Å². The Hall–Kier alpha value is -0.590. The largest absolute Gasteiger partial charge is 0.393 e. The average Bonchev–Trinajstić information content (AvgIpc) is 3.00. The summed E-state index contributed by atoms with van der Waals surface area (Å²) in [5.41, 5.74) is 3.58. The van der Waals surface area contributed by atoms with Gasteiger partial charge in [0.05, 0.1) is 6.10 Å². The molecule has 0 heterocycles. The van der Waals surface area contributed by atoms with Gasteiger partial charge in [-0.05, 0) is 31.0 Å². The minimum absolute atomic E-state index is 0.172. The molecule has 0 bridgehead atoms. The zero-order valence-corrected chi connectivity index (χ0v) is 11.2. The van der Waals surface area contributed by atoms with Crippen molar-refractivity contribution >= 4 is 15.9 Å². The second kappa shape index (κ2) is 4.51.